The van der Waals surface area contributed by atoms with Crippen molar-refractivity contribution in [2.45, 2.75) is 33.6 Å². The zero-order valence-electron chi connectivity index (χ0n) is 9.73. The van der Waals surface area contributed by atoms with E-state index in [-0.39, 0.29) is 24.2 Å². The second-order valence-corrected chi connectivity index (χ2v) is 3.66. The molecule has 0 fully saturated rings. The Morgan fingerprint density at radius 3 is 2.53 bits per heavy atom. The van der Waals surface area contributed by atoms with Gasteiger partial charge in [-0.25, -0.2) is 0 Å². The molecule has 0 aromatic heterocycles. The van der Waals surface area contributed by atoms with Crippen LogP contribution in [0.15, 0.2) is 5.16 Å². The lowest BCUT2D eigenvalue weighted by Crippen LogP contribution is -2.41. The molecule has 0 aliphatic rings. The van der Waals surface area contributed by atoms with E-state index < -0.39 is 0 Å². The van der Waals surface area contributed by atoms with Gasteiger partial charge in [-0.1, -0.05) is 25.9 Å². The first-order chi connectivity index (χ1) is 7.06. The molecule has 0 radical (unpaired) electrons. The summed E-state index contributed by atoms with van der Waals surface area (Å²) in [5, 5.41) is 11.3. The predicted molar refractivity (Wildman–Crippen MR) is 59.7 cm³/mol. The number of oxime groups is 1. The Labute approximate surface area is 90.9 Å². The van der Waals surface area contributed by atoms with Crippen molar-refractivity contribution in [3.8, 4) is 0 Å². The molecule has 0 saturated heterocycles. The average Bonchev–Trinajstić information content (AvgIpc) is 2.26. The van der Waals surface area contributed by atoms with Gasteiger partial charge in [0.2, 0.25) is 5.91 Å². The SMILES string of the molecule is CCCN(CC(N)=NO)C(=O)C(C)CC. The maximum absolute atomic E-state index is 11.8. The number of nitrogens with two attached hydrogens (primary N) is 1. The molecule has 0 aromatic carbocycles. The zero-order chi connectivity index (χ0) is 11.8. The van der Waals surface area contributed by atoms with E-state index in [4.69, 9.17) is 10.9 Å². The summed E-state index contributed by atoms with van der Waals surface area (Å²) < 4.78 is 0. The summed E-state index contributed by atoms with van der Waals surface area (Å²) in [7, 11) is 0. The Hall–Kier alpha value is -1.26. The van der Waals surface area contributed by atoms with Crippen LogP contribution in [-0.4, -0.2) is 34.9 Å². The molecular formula is C10H21N3O2. The highest BCUT2D eigenvalue weighted by Crippen LogP contribution is 2.07. The molecule has 0 aliphatic heterocycles. The first-order valence-electron chi connectivity index (χ1n) is 5.31. The molecule has 1 atom stereocenters. The summed E-state index contributed by atoms with van der Waals surface area (Å²) in [5.41, 5.74) is 5.39. The molecular weight excluding hydrogens is 194 g/mol. The lowest BCUT2D eigenvalue weighted by molar-refractivity contribution is -0.134. The maximum atomic E-state index is 11.8. The van der Waals surface area contributed by atoms with Crippen molar-refractivity contribution in [1.29, 1.82) is 0 Å². The van der Waals surface area contributed by atoms with Crippen LogP contribution in [0.4, 0.5) is 0 Å². The predicted octanol–water partition coefficient (Wildman–Crippen LogP) is 1.02. The number of amides is 1. The molecule has 1 unspecified atom stereocenters. The fraction of sp³-hybridized carbons (Fsp3) is 0.800. The molecule has 0 heterocycles. The van der Waals surface area contributed by atoms with Gasteiger partial charge in [-0.3, -0.25) is 4.79 Å². The number of rotatable bonds is 6. The van der Waals surface area contributed by atoms with Crippen LogP contribution in [0.5, 0.6) is 0 Å². The molecule has 1 amide bonds. The van der Waals surface area contributed by atoms with Gasteiger partial charge in [-0.2, -0.15) is 0 Å². The third-order valence-electron chi connectivity index (χ3n) is 2.32. The van der Waals surface area contributed by atoms with Crippen LogP contribution in [0, 0.1) is 5.92 Å². The standard InChI is InChI=1S/C10H21N3O2/c1-4-6-13(7-9(11)12-15)10(14)8(3)5-2/h8,15H,4-7H2,1-3H3,(H2,11,12). The zero-order valence-corrected chi connectivity index (χ0v) is 9.73. The van der Waals surface area contributed by atoms with Crippen molar-refractivity contribution >= 4 is 11.7 Å². The number of hydrogen-bond acceptors (Lipinski definition) is 3. The quantitative estimate of drug-likeness (QED) is 0.300. The van der Waals surface area contributed by atoms with Gasteiger partial charge in [-0.05, 0) is 12.8 Å². The average molecular weight is 215 g/mol. The van der Waals surface area contributed by atoms with Gasteiger partial charge in [0.25, 0.3) is 0 Å². The van der Waals surface area contributed by atoms with Crippen molar-refractivity contribution in [3.05, 3.63) is 0 Å². The van der Waals surface area contributed by atoms with E-state index in [1.807, 2.05) is 20.8 Å². The van der Waals surface area contributed by atoms with E-state index in [1.54, 1.807) is 4.90 Å². The normalized spacial score (nSPS) is 13.7. The van der Waals surface area contributed by atoms with Gasteiger partial charge in [-0.15, -0.1) is 0 Å². The molecule has 3 N–H and O–H groups in total. The summed E-state index contributed by atoms with van der Waals surface area (Å²) in [6, 6.07) is 0. The highest BCUT2D eigenvalue weighted by molar-refractivity contribution is 5.87. The van der Waals surface area contributed by atoms with Crippen molar-refractivity contribution in [2.75, 3.05) is 13.1 Å². The van der Waals surface area contributed by atoms with Gasteiger partial charge in [0.15, 0.2) is 5.84 Å². The summed E-state index contributed by atoms with van der Waals surface area (Å²) in [6.45, 7) is 6.68. The molecule has 0 spiro atoms. The van der Waals surface area contributed by atoms with Crippen LogP contribution in [0.3, 0.4) is 0 Å². The number of amidine groups is 1. The van der Waals surface area contributed by atoms with Gasteiger partial charge in [0, 0.05) is 12.5 Å². The van der Waals surface area contributed by atoms with Gasteiger partial charge in [0.05, 0.1) is 6.54 Å². The van der Waals surface area contributed by atoms with E-state index >= 15 is 0 Å². The van der Waals surface area contributed by atoms with Crippen LogP contribution in [0.25, 0.3) is 0 Å². The molecule has 5 nitrogen and oxygen atoms in total. The van der Waals surface area contributed by atoms with Crippen molar-refractivity contribution in [3.63, 3.8) is 0 Å². The van der Waals surface area contributed by atoms with E-state index in [0.29, 0.717) is 6.54 Å². The fourth-order valence-electron chi connectivity index (χ4n) is 1.25. The number of hydrogen-bond donors (Lipinski definition) is 2. The smallest absolute Gasteiger partial charge is 0.225 e. The van der Waals surface area contributed by atoms with E-state index in [9.17, 15) is 4.79 Å². The third kappa shape index (κ3) is 4.67. The Balaban J connectivity index is 4.44. The number of carbonyl (C=O) groups excluding carboxylic acids is 1. The lowest BCUT2D eigenvalue weighted by Gasteiger charge is -2.24. The number of carbonyl (C=O) groups is 1. The van der Waals surface area contributed by atoms with Gasteiger partial charge in [0.1, 0.15) is 0 Å². The Morgan fingerprint density at radius 2 is 2.13 bits per heavy atom. The van der Waals surface area contributed by atoms with Gasteiger partial charge < -0.3 is 15.8 Å². The van der Waals surface area contributed by atoms with E-state index in [0.717, 1.165) is 12.8 Å². The summed E-state index contributed by atoms with van der Waals surface area (Å²) in [5.74, 6) is 0.120. The largest absolute Gasteiger partial charge is 0.409 e. The highest BCUT2D eigenvalue weighted by atomic mass is 16.4. The van der Waals surface area contributed by atoms with E-state index in [1.165, 1.54) is 0 Å². The molecule has 0 saturated carbocycles. The Bertz CT molecular complexity index is 229. The fourth-order valence-corrected chi connectivity index (χ4v) is 1.25. The highest BCUT2D eigenvalue weighted by Gasteiger charge is 2.19. The van der Waals surface area contributed by atoms with Crippen LogP contribution in [-0.2, 0) is 4.79 Å². The number of nitrogens with zero attached hydrogens (tertiary/aromatic N) is 2. The van der Waals surface area contributed by atoms with Crippen molar-refractivity contribution in [1.82, 2.24) is 4.90 Å². The minimum absolute atomic E-state index is 0.0111. The third-order valence-corrected chi connectivity index (χ3v) is 2.32. The second kappa shape index (κ2) is 7.09. The molecule has 0 rings (SSSR count). The first kappa shape index (κ1) is 13.7. The Morgan fingerprint density at radius 1 is 1.53 bits per heavy atom. The van der Waals surface area contributed by atoms with Gasteiger partial charge >= 0.3 is 0 Å². The molecule has 0 aromatic rings. The Kier molecular flexibility index (Phi) is 6.49. The summed E-state index contributed by atoms with van der Waals surface area (Å²) in [4.78, 5) is 13.5. The minimum atomic E-state index is -0.0111. The molecule has 88 valence electrons. The van der Waals surface area contributed by atoms with Crippen molar-refractivity contribution < 1.29 is 10.0 Å². The molecule has 5 heteroatoms. The first-order valence-corrected chi connectivity index (χ1v) is 5.31. The monoisotopic (exact) mass is 215 g/mol. The summed E-state index contributed by atoms with van der Waals surface area (Å²) >= 11 is 0. The second-order valence-electron chi connectivity index (χ2n) is 3.66. The minimum Gasteiger partial charge on any atom is -0.409 e. The van der Waals surface area contributed by atoms with Crippen LogP contribution in [0.2, 0.25) is 0 Å². The van der Waals surface area contributed by atoms with Crippen LogP contribution >= 0.6 is 0 Å². The van der Waals surface area contributed by atoms with Crippen LogP contribution in [0.1, 0.15) is 33.6 Å². The lowest BCUT2D eigenvalue weighted by atomic mass is 10.1. The van der Waals surface area contributed by atoms with Crippen LogP contribution < -0.4 is 5.73 Å². The molecule has 0 bridgehead atoms. The molecule has 0 aliphatic carbocycles. The molecule has 15 heavy (non-hydrogen) atoms. The maximum Gasteiger partial charge on any atom is 0.225 e. The topological polar surface area (TPSA) is 78.9 Å². The summed E-state index contributed by atoms with van der Waals surface area (Å²) in [6.07, 6.45) is 1.66. The van der Waals surface area contributed by atoms with Crippen molar-refractivity contribution in [2.24, 2.45) is 16.8 Å². The van der Waals surface area contributed by atoms with E-state index in [2.05, 4.69) is 5.16 Å².